The van der Waals surface area contributed by atoms with Crippen LogP contribution in [-0.4, -0.2) is 25.2 Å². The first kappa shape index (κ1) is 14.3. The summed E-state index contributed by atoms with van der Waals surface area (Å²) in [5, 5.41) is 21.9. The number of aryl methyl sites for hydroxylation is 1. The third kappa shape index (κ3) is 2.07. The molecule has 1 N–H and O–H groups in total. The van der Waals surface area contributed by atoms with Crippen molar-refractivity contribution in [1.29, 1.82) is 10.5 Å². The first-order chi connectivity index (χ1) is 10.5. The van der Waals surface area contributed by atoms with Crippen LogP contribution in [0.3, 0.4) is 0 Å². The second kappa shape index (κ2) is 4.97. The topological polar surface area (TPSA) is 107 Å². The zero-order chi connectivity index (χ0) is 15.9. The quantitative estimate of drug-likeness (QED) is 0.905. The summed E-state index contributed by atoms with van der Waals surface area (Å²) >= 11 is 0. The lowest BCUT2D eigenvalue weighted by Crippen LogP contribution is -2.14. The Kier molecular flexibility index (Phi) is 3.23. The van der Waals surface area contributed by atoms with Crippen molar-refractivity contribution in [1.82, 2.24) is 4.98 Å². The van der Waals surface area contributed by atoms with Gasteiger partial charge < -0.3 is 5.32 Å². The molecule has 0 fully saturated rings. The van der Waals surface area contributed by atoms with Crippen LogP contribution in [0.25, 0.3) is 10.9 Å². The van der Waals surface area contributed by atoms with Gasteiger partial charge in [-0.05, 0) is 31.0 Å². The Morgan fingerprint density at radius 3 is 2.82 bits per heavy atom. The molecule has 7 heteroatoms. The smallest absolute Gasteiger partial charge is 0.179 e. The van der Waals surface area contributed by atoms with Crippen LogP contribution in [-0.2, 0) is 16.3 Å². The fourth-order valence-corrected chi connectivity index (χ4v) is 4.25. The highest BCUT2D eigenvalue weighted by Gasteiger charge is 2.29. The van der Waals surface area contributed by atoms with Gasteiger partial charge in [0, 0.05) is 11.6 Å². The number of rotatable bonds is 2. The molecular formula is C15H12N4O2S. The van der Waals surface area contributed by atoms with E-state index in [4.69, 9.17) is 5.26 Å². The monoisotopic (exact) mass is 312 g/mol. The number of sulfone groups is 1. The van der Waals surface area contributed by atoms with Crippen LogP contribution in [0, 0.1) is 22.7 Å². The molecule has 0 spiro atoms. The summed E-state index contributed by atoms with van der Waals surface area (Å²) < 4.78 is 24.2. The number of hydrogen-bond acceptors (Lipinski definition) is 6. The zero-order valence-corrected chi connectivity index (χ0v) is 12.6. The lowest BCUT2D eigenvalue weighted by Gasteiger charge is -2.15. The van der Waals surface area contributed by atoms with E-state index in [1.54, 1.807) is 19.1 Å². The van der Waals surface area contributed by atoms with E-state index in [0.717, 1.165) is 0 Å². The van der Waals surface area contributed by atoms with E-state index in [-0.39, 0.29) is 5.75 Å². The molecule has 3 rings (SSSR count). The largest absolute Gasteiger partial charge is 0.368 e. The maximum atomic E-state index is 12.1. The number of anilines is 1. The fraction of sp³-hybridized carbons (Fsp3) is 0.267. The highest BCUT2D eigenvalue weighted by Crippen LogP contribution is 2.37. The number of nitrogens with one attached hydrogen (secondary N) is 1. The van der Waals surface area contributed by atoms with E-state index >= 15 is 0 Å². The first-order valence-electron chi connectivity index (χ1n) is 6.71. The Hall–Kier alpha value is -2.64. The summed E-state index contributed by atoms with van der Waals surface area (Å²) in [6.07, 6.45) is 1.83. The molecule has 6 nitrogen and oxygen atoms in total. The van der Waals surface area contributed by atoms with E-state index in [9.17, 15) is 13.7 Å². The molecule has 1 atom stereocenters. The Morgan fingerprint density at radius 1 is 1.36 bits per heavy atom. The number of benzene rings is 1. The van der Waals surface area contributed by atoms with Gasteiger partial charge in [0.1, 0.15) is 12.1 Å². The molecule has 1 aliphatic rings. The first-order valence-corrected chi connectivity index (χ1v) is 8.37. The highest BCUT2D eigenvalue weighted by atomic mass is 32.2. The number of hydrogen-bond donors (Lipinski definition) is 1. The van der Waals surface area contributed by atoms with Crippen molar-refractivity contribution in [3.05, 3.63) is 29.5 Å². The normalized spacial score (nSPS) is 16.5. The molecular weight excluding hydrogens is 300 g/mol. The molecule has 110 valence electrons. The van der Waals surface area contributed by atoms with E-state index in [0.29, 0.717) is 39.0 Å². The maximum Gasteiger partial charge on any atom is 0.179 e. The van der Waals surface area contributed by atoms with E-state index < -0.39 is 15.9 Å². The summed E-state index contributed by atoms with van der Waals surface area (Å²) in [5.41, 5.74) is 2.07. The molecule has 0 aliphatic carbocycles. The van der Waals surface area contributed by atoms with Gasteiger partial charge in [0.05, 0.1) is 33.5 Å². The van der Waals surface area contributed by atoms with Crippen molar-refractivity contribution in [3.63, 3.8) is 0 Å². The van der Waals surface area contributed by atoms with Crippen molar-refractivity contribution >= 4 is 26.4 Å². The van der Waals surface area contributed by atoms with Crippen molar-refractivity contribution in [2.75, 3.05) is 11.1 Å². The summed E-state index contributed by atoms with van der Waals surface area (Å²) in [4.78, 5) is 4.53. The lowest BCUT2D eigenvalue weighted by atomic mass is 10.0. The fourth-order valence-electron chi connectivity index (χ4n) is 2.71. The second-order valence-electron chi connectivity index (χ2n) is 5.16. The van der Waals surface area contributed by atoms with E-state index in [2.05, 4.69) is 16.4 Å². The molecule has 22 heavy (non-hydrogen) atoms. The third-order valence-corrected chi connectivity index (χ3v) is 5.52. The van der Waals surface area contributed by atoms with Gasteiger partial charge in [-0.25, -0.2) is 8.42 Å². The van der Waals surface area contributed by atoms with E-state index in [1.165, 1.54) is 6.20 Å². The van der Waals surface area contributed by atoms with Crippen molar-refractivity contribution in [2.45, 2.75) is 24.3 Å². The van der Waals surface area contributed by atoms with Gasteiger partial charge in [0.2, 0.25) is 0 Å². The molecule has 2 aromatic rings. The van der Waals surface area contributed by atoms with Gasteiger partial charge in [0.25, 0.3) is 0 Å². The molecule has 1 unspecified atom stereocenters. The average molecular weight is 312 g/mol. The molecule has 0 radical (unpaired) electrons. The van der Waals surface area contributed by atoms with Crippen LogP contribution in [0.1, 0.15) is 18.1 Å². The van der Waals surface area contributed by atoms with Crippen molar-refractivity contribution < 1.29 is 8.42 Å². The molecule has 1 aliphatic heterocycles. The summed E-state index contributed by atoms with van der Waals surface area (Å²) in [6, 6.07) is 6.80. The van der Waals surface area contributed by atoms with Crippen LogP contribution in [0.2, 0.25) is 0 Å². The van der Waals surface area contributed by atoms with Gasteiger partial charge in [-0.15, -0.1) is 0 Å². The zero-order valence-electron chi connectivity index (χ0n) is 11.8. The van der Waals surface area contributed by atoms with Crippen LogP contribution in [0.15, 0.2) is 23.2 Å². The van der Waals surface area contributed by atoms with Gasteiger partial charge in [-0.3, -0.25) is 4.98 Å². The minimum Gasteiger partial charge on any atom is -0.368 e. The third-order valence-electron chi connectivity index (χ3n) is 3.73. The van der Waals surface area contributed by atoms with Gasteiger partial charge >= 0.3 is 0 Å². The van der Waals surface area contributed by atoms with Crippen molar-refractivity contribution in [3.8, 4) is 12.1 Å². The van der Waals surface area contributed by atoms with Gasteiger partial charge in [0.15, 0.2) is 9.84 Å². The number of fused-ring (bicyclic) bond motifs is 3. The van der Waals surface area contributed by atoms with Crippen LogP contribution in [0.4, 0.5) is 5.69 Å². The second-order valence-corrected chi connectivity index (χ2v) is 7.24. The number of aromatic nitrogens is 1. The molecule has 0 amide bonds. The van der Waals surface area contributed by atoms with E-state index in [1.807, 2.05) is 6.07 Å². The predicted octanol–water partition coefficient (Wildman–Crippen LogP) is 1.76. The molecule has 0 bridgehead atoms. The SMILES string of the molecule is CC(C#N)Nc1c(C#N)cnc2ccc3c(c12)CCS3(=O)=O. The highest BCUT2D eigenvalue weighted by molar-refractivity contribution is 7.91. The molecule has 0 saturated heterocycles. The Balaban J connectivity index is 2.39. The predicted molar refractivity (Wildman–Crippen MR) is 80.9 cm³/mol. The van der Waals surface area contributed by atoms with Crippen molar-refractivity contribution in [2.24, 2.45) is 0 Å². The lowest BCUT2D eigenvalue weighted by molar-refractivity contribution is 0.600. The Bertz CT molecular complexity index is 968. The number of pyridine rings is 1. The van der Waals surface area contributed by atoms with Gasteiger partial charge in [-0.2, -0.15) is 10.5 Å². The average Bonchev–Trinajstić information content (AvgIpc) is 2.82. The minimum atomic E-state index is -3.27. The summed E-state index contributed by atoms with van der Waals surface area (Å²) in [7, 11) is -3.27. The Morgan fingerprint density at radius 2 is 2.14 bits per heavy atom. The standard InChI is InChI=1S/C15H12N4O2S/c1-9(6-16)19-15-10(7-17)8-18-12-2-3-13-11(14(12)15)4-5-22(13,20)21/h2-3,8-9H,4-5H2,1H3,(H,18,19). The van der Waals surface area contributed by atoms with Crippen LogP contribution < -0.4 is 5.32 Å². The molecule has 1 aromatic carbocycles. The Labute approximate surface area is 127 Å². The summed E-state index contributed by atoms with van der Waals surface area (Å²) in [6.45, 7) is 1.67. The van der Waals surface area contributed by atoms with Crippen LogP contribution in [0.5, 0.6) is 0 Å². The molecule has 0 saturated carbocycles. The van der Waals surface area contributed by atoms with Gasteiger partial charge in [-0.1, -0.05) is 0 Å². The number of nitrogens with zero attached hydrogens (tertiary/aromatic N) is 3. The maximum absolute atomic E-state index is 12.1. The minimum absolute atomic E-state index is 0.0610. The molecule has 2 heterocycles. The number of nitriles is 2. The van der Waals surface area contributed by atoms with Crippen LogP contribution >= 0.6 is 0 Å². The molecule has 1 aromatic heterocycles. The summed E-state index contributed by atoms with van der Waals surface area (Å²) in [5.74, 6) is 0.0610.